The first kappa shape index (κ1) is 13.6. The van der Waals surface area contributed by atoms with Crippen molar-refractivity contribution < 1.29 is 4.74 Å². The first-order valence-electron chi connectivity index (χ1n) is 7.13. The highest BCUT2D eigenvalue weighted by Gasteiger charge is 2.40. The summed E-state index contributed by atoms with van der Waals surface area (Å²) in [5.41, 5.74) is 1.44. The van der Waals surface area contributed by atoms with Crippen LogP contribution in [0.25, 0.3) is 0 Å². The third kappa shape index (κ3) is 2.93. The molecule has 1 saturated carbocycles. The Hall–Kier alpha value is -0.860. The van der Waals surface area contributed by atoms with Crippen molar-refractivity contribution in [1.29, 1.82) is 0 Å². The molecular weight excluding hydrogens is 222 g/mol. The van der Waals surface area contributed by atoms with Crippen molar-refractivity contribution in [3.8, 4) is 0 Å². The average molecular weight is 247 g/mol. The Morgan fingerprint density at radius 2 is 1.89 bits per heavy atom. The zero-order chi connectivity index (χ0) is 12.8. The molecule has 1 N–H and O–H groups in total. The summed E-state index contributed by atoms with van der Waals surface area (Å²) in [5, 5.41) is 3.64. The first-order chi connectivity index (χ1) is 8.80. The van der Waals surface area contributed by atoms with Gasteiger partial charge in [0.2, 0.25) is 0 Å². The summed E-state index contributed by atoms with van der Waals surface area (Å²) < 4.78 is 5.92. The predicted molar refractivity (Wildman–Crippen MR) is 75.8 cm³/mol. The second-order valence-electron chi connectivity index (χ2n) is 5.28. The third-order valence-corrected chi connectivity index (χ3v) is 4.22. The zero-order valence-corrected chi connectivity index (χ0v) is 11.6. The van der Waals surface area contributed by atoms with Gasteiger partial charge in [-0.2, -0.15) is 0 Å². The molecule has 0 spiro atoms. The summed E-state index contributed by atoms with van der Waals surface area (Å²) in [6.45, 7) is 3.18. The van der Waals surface area contributed by atoms with E-state index in [1.54, 1.807) is 0 Å². The molecule has 0 saturated heterocycles. The van der Waals surface area contributed by atoms with Gasteiger partial charge in [0, 0.05) is 13.2 Å². The Morgan fingerprint density at radius 1 is 1.22 bits per heavy atom. The summed E-state index contributed by atoms with van der Waals surface area (Å²) in [7, 11) is 1.88. The van der Waals surface area contributed by atoms with Crippen LogP contribution in [-0.4, -0.2) is 25.3 Å². The molecule has 2 nitrogen and oxygen atoms in total. The summed E-state index contributed by atoms with van der Waals surface area (Å²) in [6, 6.07) is 11.2. The maximum atomic E-state index is 5.92. The highest BCUT2D eigenvalue weighted by Crippen LogP contribution is 2.36. The van der Waals surface area contributed by atoms with E-state index in [-0.39, 0.29) is 5.60 Å². The lowest BCUT2D eigenvalue weighted by molar-refractivity contribution is -0.0351. The Balaban J connectivity index is 2.12. The largest absolute Gasteiger partial charge is 0.377 e. The molecule has 2 heteroatoms. The van der Waals surface area contributed by atoms with Crippen molar-refractivity contribution >= 4 is 0 Å². The summed E-state index contributed by atoms with van der Waals surface area (Å²) >= 11 is 0. The molecule has 0 aliphatic heterocycles. The van der Waals surface area contributed by atoms with E-state index in [2.05, 4.69) is 42.6 Å². The van der Waals surface area contributed by atoms with E-state index in [0.717, 1.165) is 13.0 Å². The van der Waals surface area contributed by atoms with Gasteiger partial charge in [0.05, 0.1) is 5.60 Å². The van der Waals surface area contributed by atoms with Gasteiger partial charge >= 0.3 is 0 Å². The van der Waals surface area contributed by atoms with E-state index in [4.69, 9.17) is 4.74 Å². The lowest BCUT2D eigenvalue weighted by Gasteiger charge is -2.37. The van der Waals surface area contributed by atoms with Crippen LogP contribution in [-0.2, 0) is 11.2 Å². The van der Waals surface area contributed by atoms with Crippen molar-refractivity contribution in [1.82, 2.24) is 5.32 Å². The predicted octanol–water partition coefficient (Wildman–Crippen LogP) is 3.17. The molecule has 1 fully saturated rings. The Kier molecular flexibility index (Phi) is 4.79. The number of hydrogen-bond donors (Lipinski definition) is 1. The third-order valence-electron chi connectivity index (χ3n) is 4.22. The molecule has 0 bridgehead atoms. The van der Waals surface area contributed by atoms with Gasteiger partial charge in [0.1, 0.15) is 0 Å². The zero-order valence-electron chi connectivity index (χ0n) is 11.6. The first-order valence-corrected chi connectivity index (χ1v) is 7.13. The molecule has 2 rings (SSSR count). The van der Waals surface area contributed by atoms with Crippen LogP contribution in [0.2, 0.25) is 0 Å². The fraction of sp³-hybridized carbons (Fsp3) is 0.625. The topological polar surface area (TPSA) is 21.3 Å². The normalized spacial score (nSPS) is 19.9. The van der Waals surface area contributed by atoms with Crippen LogP contribution in [0, 0.1) is 0 Å². The minimum absolute atomic E-state index is 0.0475. The second-order valence-corrected chi connectivity index (χ2v) is 5.28. The van der Waals surface area contributed by atoms with Gasteiger partial charge in [-0.1, -0.05) is 50.1 Å². The van der Waals surface area contributed by atoms with Crippen molar-refractivity contribution in [2.24, 2.45) is 0 Å². The molecular formula is C16H25NO. The number of benzene rings is 1. The second kappa shape index (κ2) is 6.35. The fourth-order valence-electron chi connectivity index (χ4n) is 3.21. The van der Waals surface area contributed by atoms with E-state index >= 15 is 0 Å². The lowest BCUT2D eigenvalue weighted by atomic mass is 9.87. The number of rotatable bonds is 6. The van der Waals surface area contributed by atoms with Gasteiger partial charge in [-0.25, -0.2) is 0 Å². The van der Waals surface area contributed by atoms with E-state index in [0.29, 0.717) is 6.04 Å². The van der Waals surface area contributed by atoms with Crippen LogP contribution in [0.4, 0.5) is 0 Å². The summed E-state index contributed by atoms with van der Waals surface area (Å²) in [4.78, 5) is 0. The van der Waals surface area contributed by atoms with Gasteiger partial charge in [-0.05, 0) is 31.4 Å². The molecule has 1 unspecified atom stereocenters. The number of likely N-dealkylation sites (N-methyl/N-ethyl adjacent to an activating group) is 1. The van der Waals surface area contributed by atoms with Crippen molar-refractivity contribution in [2.45, 2.75) is 50.7 Å². The van der Waals surface area contributed by atoms with Gasteiger partial charge in [-0.3, -0.25) is 0 Å². The monoisotopic (exact) mass is 247 g/mol. The molecule has 0 aromatic heterocycles. The molecule has 100 valence electrons. The molecule has 0 amide bonds. The highest BCUT2D eigenvalue weighted by molar-refractivity contribution is 5.17. The molecule has 18 heavy (non-hydrogen) atoms. The molecule has 1 aliphatic carbocycles. The van der Waals surface area contributed by atoms with E-state index in [9.17, 15) is 0 Å². The molecule has 0 heterocycles. The number of nitrogens with one attached hydrogen (secondary N) is 1. The molecule has 1 atom stereocenters. The van der Waals surface area contributed by atoms with Crippen LogP contribution >= 0.6 is 0 Å². The summed E-state index contributed by atoms with van der Waals surface area (Å²) in [5.74, 6) is 0. The summed E-state index contributed by atoms with van der Waals surface area (Å²) in [6.07, 6.45) is 6.03. The minimum Gasteiger partial charge on any atom is -0.377 e. The Labute approximate surface area is 111 Å². The van der Waals surface area contributed by atoms with Crippen LogP contribution in [0.5, 0.6) is 0 Å². The molecule has 0 radical (unpaired) electrons. The van der Waals surface area contributed by atoms with Gasteiger partial charge in [0.25, 0.3) is 0 Å². The van der Waals surface area contributed by atoms with Crippen molar-refractivity contribution in [2.75, 3.05) is 13.7 Å². The van der Waals surface area contributed by atoms with E-state index in [1.807, 2.05) is 7.11 Å². The maximum Gasteiger partial charge on any atom is 0.0834 e. The molecule has 1 aromatic carbocycles. The van der Waals surface area contributed by atoms with Gasteiger partial charge < -0.3 is 10.1 Å². The molecule has 1 aliphatic rings. The minimum atomic E-state index is 0.0475. The van der Waals surface area contributed by atoms with E-state index in [1.165, 1.54) is 31.2 Å². The molecule has 1 aromatic rings. The van der Waals surface area contributed by atoms with Gasteiger partial charge in [0.15, 0.2) is 0 Å². The quantitative estimate of drug-likeness (QED) is 0.833. The van der Waals surface area contributed by atoms with Crippen LogP contribution in [0.3, 0.4) is 0 Å². The smallest absolute Gasteiger partial charge is 0.0834 e. The Morgan fingerprint density at radius 3 is 2.44 bits per heavy atom. The standard InChI is InChI=1S/C16H25NO/c1-3-17-15(13-14-9-5-4-6-10-14)16(18-2)11-7-8-12-16/h4-6,9-10,15,17H,3,7-8,11-13H2,1-2H3. The van der Waals surface area contributed by atoms with Gasteiger partial charge in [-0.15, -0.1) is 0 Å². The van der Waals surface area contributed by atoms with Crippen LogP contribution < -0.4 is 5.32 Å². The average Bonchev–Trinajstić information content (AvgIpc) is 2.89. The van der Waals surface area contributed by atoms with E-state index < -0.39 is 0 Å². The SMILES string of the molecule is CCNC(Cc1ccccc1)C1(OC)CCCC1. The fourth-order valence-corrected chi connectivity index (χ4v) is 3.21. The van der Waals surface area contributed by atoms with Crippen LogP contribution in [0.15, 0.2) is 30.3 Å². The van der Waals surface area contributed by atoms with Crippen molar-refractivity contribution in [3.05, 3.63) is 35.9 Å². The highest BCUT2D eigenvalue weighted by atomic mass is 16.5. The number of hydrogen-bond acceptors (Lipinski definition) is 2. The maximum absolute atomic E-state index is 5.92. The van der Waals surface area contributed by atoms with Crippen LogP contribution in [0.1, 0.15) is 38.2 Å². The lowest BCUT2D eigenvalue weighted by Crippen LogP contribution is -2.51. The number of ether oxygens (including phenoxy) is 1. The van der Waals surface area contributed by atoms with Crippen molar-refractivity contribution in [3.63, 3.8) is 0 Å². The number of methoxy groups -OCH3 is 1. The Bertz CT molecular complexity index is 343.